The summed E-state index contributed by atoms with van der Waals surface area (Å²) in [4.78, 5) is 36.7. The van der Waals surface area contributed by atoms with E-state index >= 15 is 0 Å². The molecule has 0 aliphatic carbocycles. The molecule has 1 aromatic carbocycles. The van der Waals surface area contributed by atoms with Gasteiger partial charge in [0.2, 0.25) is 11.8 Å². The van der Waals surface area contributed by atoms with E-state index in [1.54, 1.807) is 11.6 Å². The minimum Gasteiger partial charge on any atom is -0.378 e. The first-order valence-corrected chi connectivity index (χ1v) is 10.4. The number of piperidine rings is 2. The van der Waals surface area contributed by atoms with Crippen molar-refractivity contribution >= 4 is 22.8 Å². The summed E-state index contributed by atoms with van der Waals surface area (Å²) in [5.41, 5.74) is 2.43. The molecule has 1 atom stereocenters. The van der Waals surface area contributed by atoms with Crippen molar-refractivity contribution in [2.45, 2.75) is 50.7 Å². The van der Waals surface area contributed by atoms with E-state index in [1.165, 1.54) is 4.57 Å². The Bertz CT molecular complexity index is 971. The Balaban J connectivity index is 1.53. The predicted molar refractivity (Wildman–Crippen MR) is 109 cm³/mol. The van der Waals surface area contributed by atoms with Crippen LogP contribution in [0.5, 0.6) is 0 Å². The molecular formula is C21H28N4O4. The first-order chi connectivity index (χ1) is 14.1. The summed E-state index contributed by atoms with van der Waals surface area (Å²) in [5, 5.41) is 5.68. The van der Waals surface area contributed by atoms with Gasteiger partial charge in [0.15, 0.2) is 0 Å². The Kier molecular flexibility index (Phi) is 5.82. The number of fused-ring (bicyclic) bond motifs is 1. The van der Waals surface area contributed by atoms with Crippen LogP contribution in [0.3, 0.4) is 0 Å². The summed E-state index contributed by atoms with van der Waals surface area (Å²) in [6, 6.07) is 5.17. The van der Waals surface area contributed by atoms with Gasteiger partial charge in [-0.25, -0.2) is 4.79 Å². The van der Waals surface area contributed by atoms with Crippen LogP contribution >= 0.6 is 0 Å². The number of benzene rings is 1. The quantitative estimate of drug-likeness (QED) is 0.558. The van der Waals surface area contributed by atoms with Crippen LogP contribution in [0.4, 0.5) is 0 Å². The summed E-state index contributed by atoms with van der Waals surface area (Å²) < 4.78 is 9.14. The standard InChI is InChI=1S/C21H28N4O4/c1-24-19-14(5-3-13-29-15-9-11-22-12-10-15)4-2-6-16(19)25(21(24)28)17-7-8-18(26)23-20(17)27/h2,4,6,15,17,22H,3,5,7-13H2,1H3,(H,23,26,27). The number of nitrogens with one attached hydrogen (secondary N) is 2. The highest BCUT2D eigenvalue weighted by molar-refractivity contribution is 6.00. The summed E-state index contributed by atoms with van der Waals surface area (Å²) >= 11 is 0. The number of carbonyl (C=O) groups is 2. The van der Waals surface area contributed by atoms with Crippen LogP contribution in [-0.4, -0.2) is 46.7 Å². The minimum atomic E-state index is -0.651. The van der Waals surface area contributed by atoms with E-state index in [0.717, 1.165) is 55.4 Å². The third kappa shape index (κ3) is 4.00. The number of para-hydroxylation sites is 1. The molecule has 2 aromatic rings. The molecule has 3 heterocycles. The number of rotatable bonds is 6. The van der Waals surface area contributed by atoms with Crippen molar-refractivity contribution in [2.75, 3.05) is 19.7 Å². The fourth-order valence-electron chi connectivity index (χ4n) is 4.43. The number of imidazole rings is 1. The summed E-state index contributed by atoms with van der Waals surface area (Å²) in [7, 11) is 1.74. The number of nitrogens with zero attached hydrogens (tertiary/aromatic N) is 2. The Morgan fingerprint density at radius 2 is 1.93 bits per heavy atom. The zero-order chi connectivity index (χ0) is 20.4. The van der Waals surface area contributed by atoms with Crippen LogP contribution in [0.1, 0.15) is 43.7 Å². The largest absolute Gasteiger partial charge is 0.378 e. The zero-order valence-corrected chi connectivity index (χ0v) is 16.8. The number of amides is 2. The molecule has 2 aliphatic rings. The number of aromatic nitrogens is 2. The number of ether oxygens (including phenoxy) is 1. The molecule has 4 rings (SSSR count). The number of hydrogen-bond donors (Lipinski definition) is 2. The van der Waals surface area contributed by atoms with Crippen molar-refractivity contribution < 1.29 is 14.3 Å². The number of aryl methyl sites for hydroxylation is 2. The lowest BCUT2D eigenvalue weighted by Crippen LogP contribution is -2.44. The van der Waals surface area contributed by atoms with E-state index in [9.17, 15) is 14.4 Å². The maximum atomic E-state index is 12.9. The Labute approximate surface area is 169 Å². The highest BCUT2D eigenvalue weighted by Gasteiger charge is 2.31. The van der Waals surface area contributed by atoms with Gasteiger partial charge in [-0.3, -0.25) is 24.0 Å². The molecular weight excluding hydrogens is 372 g/mol. The van der Waals surface area contributed by atoms with Gasteiger partial charge < -0.3 is 10.1 Å². The fraction of sp³-hybridized carbons (Fsp3) is 0.571. The molecule has 8 heteroatoms. The number of carbonyl (C=O) groups excluding carboxylic acids is 2. The van der Waals surface area contributed by atoms with Gasteiger partial charge >= 0.3 is 5.69 Å². The Morgan fingerprint density at radius 3 is 2.69 bits per heavy atom. The highest BCUT2D eigenvalue weighted by atomic mass is 16.5. The van der Waals surface area contributed by atoms with Crippen LogP contribution in [0, 0.1) is 0 Å². The molecule has 156 valence electrons. The fourth-order valence-corrected chi connectivity index (χ4v) is 4.43. The molecule has 2 N–H and O–H groups in total. The van der Waals surface area contributed by atoms with Crippen molar-refractivity contribution in [3.63, 3.8) is 0 Å². The van der Waals surface area contributed by atoms with Crippen molar-refractivity contribution in [2.24, 2.45) is 7.05 Å². The summed E-state index contributed by atoms with van der Waals surface area (Å²) in [6.07, 6.45) is 4.71. The van der Waals surface area contributed by atoms with Gasteiger partial charge in [0.1, 0.15) is 6.04 Å². The second-order valence-corrected chi connectivity index (χ2v) is 7.89. The predicted octanol–water partition coefficient (Wildman–Crippen LogP) is 1.02. The highest BCUT2D eigenvalue weighted by Crippen LogP contribution is 2.25. The molecule has 0 radical (unpaired) electrons. The lowest BCUT2D eigenvalue weighted by molar-refractivity contribution is -0.135. The van der Waals surface area contributed by atoms with Crippen LogP contribution in [0.2, 0.25) is 0 Å². The monoisotopic (exact) mass is 400 g/mol. The average Bonchev–Trinajstić information content (AvgIpc) is 2.98. The third-order valence-electron chi connectivity index (χ3n) is 5.94. The Hall–Kier alpha value is -2.45. The van der Waals surface area contributed by atoms with Gasteiger partial charge in [0, 0.05) is 20.1 Å². The third-order valence-corrected chi connectivity index (χ3v) is 5.94. The lowest BCUT2D eigenvalue weighted by atomic mass is 10.0. The van der Waals surface area contributed by atoms with E-state index in [1.807, 2.05) is 18.2 Å². The van der Waals surface area contributed by atoms with E-state index < -0.39 is 11.9 Å². The van der Waals surface area contributed by atoms with E-state index in [2.05, 4.69) is 10.6 Å². The van der Waals surface area contributed by atoms with Crippen LogP contribution in [-0.2, 0) is 27.8 Å². The second kappa shape index (κ2) is 8.51. The maximum absolute atomic E-state index is 12.9. The van der Waals surface area contributed by atoms with E-state index in [-0.39, 0.29) is 18.0 Å². The van der Waals surface area contributed by atoms with Gasteiger partial charge in [0.05, 0.1) is 17.1 Å². The smallest absolute Gasteiger partial charge is 0.329 e. The topological polar surface area (TPSA) is 94.4 Å². The average molecular weight is 400 g/mol. The molecule has 1 aromatic heterocycles. The van der Waals surface area contributed by atoms with Crippen LogP contribution in [0.25, 0.3) is 11.0 Å². The van der Waals surface area contributed by atoms with Crippen molar-refractivity contribution in [3.05, 3.63) is 34.2 Å². The second-order valence-electron chi connectivity index (χ2n) is 7.89. The molecule has 0 spiro atoms. The Morgan fingerprint density at radius 1 is 1.14 bits per heavy atom. The summed E-state index contributed by atoms with van der Waals surface area (Å²) in [5.74, 6) is -0.689. The first-order valence-electron chi connectivity index (χ1n) is 10.4. The summed E-state index contributed by atoms with van der Waals surface area (Å²) in [6.45, 7) is 2.72. The molecule has 29 heavy (non-hydrogen) atoms. The molecule has 8 nitrogen and oxygen atoms in total. The van der Waals surface area contributed by atoms with E-state index in [0.29, 0.717) is 19.1 Å². The minimum absolute atomic E-state index is 0.229. The van der Waals surface area contributed by atoms with Crippen LogP contribution < -0.4 is 16.3 Å². The van der Waals surface area contributed by atoms with Gasteiger partial charge in [-0.1, -0.05) is 12.1 Å². The molecule has 0 bridgehead atoms. The first kappa shape index (κ1) is 19.8. The van der Waals surface area contributed by atoms with Crippen molar-refractivity contribution in [1.82, 2.24) is 19.8 Å². The molecule has 0 saturated carbocycles. The van der Waals surface area contributed by atoms with Gasteiger partial charge in [-0.2, -0.15) is 0 Å². The number of imide groups is 1. The molecule has 1 unspecified atom stereocenters. The van der Waals surface area contributed by atoms with Gasteiger partial charge in [0.25, 0.3) is 0 Å². The SMILES string of the molecule is Cn1c(=O)n(C2CCC(=O)NC2=O)c2cccc(CCCOC3CCNCC3)c21. The number of hydrogen-bond acceptors (Lipinski definition) is 5. The zero-order valence-electron chi connectivity index (χ0n) is 16.8. The lowest BCUT2D eigenvalue weighted by Gasteiger charge is -2.23. The molecule has 2 fully saturated rings. The van der Waals surface area contributed by atoms with E-state index in [4.69, 9.17) is 4.74 Å². The van der Waals surface area contributed by atoms with Gasteiger partial charge in [-0.15, -0.1) is 0 Å². The van der Waals surface area contributed by atoms with Crippen LogP contribution in [0.15, 0.2) is 23.0 Å². The molecule has 2 amide bonds. The molecule has 2 aliphatic heterocycles. The maximum Gasteiger partial charge on any atom is 0.329 e. The molecule has 2 saturated heterocycles. The normalized spacial score (nSPS) is 20.9. The van der Waals surface area contributed by atoms with Gasteiger partial charge in [-0.05, 0) is 56.8 Å². The van der Waals surface area contributed by atoms with Crippen molar-refractivity contribution in [1.29, 1.82) is 0 Å². The van der Waals surface area contributed by atoms with Crippen molar-refractivity contribution in [3.8, 4) is 0 Å².